The number of aryl methyl sites for hydroxylation is 2. The van der Waals surface area contributed by atoms with E-state index in [2.05, 4.69) is 17.6 Å². The summed E-state index contributed by atoms with van der Waals surface area (Å²) in [5.41, 5.74) is 9.78. The van der Waals surface area contributed by atoms with Gasteiger partial charge < -0.3 is 15.8 Å². The number of carbonyl (C=O) groups is 1. The van der Waals surface area contributed by atoms with Gasteiger partial charge in [0.1, 0.15) is 10.8 Å². The largest absolute Gasteiger partial charge is 0.497 e. The molecule has 0 saturated carbocycles. The highest BCUT2D eigenvalue weighted by molar-refractivity contribution is 7.09. The molecule has 0 fully saturated rings. The molecule has 0 saturated heterocycles. The summed E-state index contributed by atoms with van der Waals surface area (Å²) >= 11 is 1.60. The van der Waals surface area contributed by atoms with Crippen LogP contribution in [-0.2, 0) is 24.1 Å². The van der Waals surface area contributed by atoms with E-state index in [1.165, 1.54) is 0 Å². The van der Waals surface area contributed by atoms with Gasteiger partial charge in [0.15, 0.2) is 0 Å². The number of methoxy groups -OCH3 is 1. The Hall–Kier alpha value is -2.86. The monoisotopic (exact) mass is 409 g/mol. The SMILES string of the molecule is CCc1csc(C(Cc2ccc(N)cc2)NC(=O)CCc2cccc(OC)c2)n1. The number of nitrogen functional groups attached to an aromatic ring is 1. The number of rotatable bonds is 9. The van der Waals surface area contributed by atoms with Gasteiger partial charge in [0, 0.05) is 17.5 Å². The summed E-state index contributed by atoms with van der Waals surface area (Å²) in [6.45, 7) is 2.08. The van der Waals surface area contributed by atoms with E-state index in [1.807, 2.05) is 48.5 Å². The number of amides is 1. The molecule has 0 aliphatic heterocycles. The smallest absolute Gasteiger partial charge is 0.220 e. The number of nitrogens with zero attached hydrogens (tertiary/aromatic N) is 1. The van der Waals surface area contributed by atoms with Crippen LogP contribution < -0.4 is 15.8 Å². The Morgan fingerprint density at radius 2 is 2.00 bits per heavy atom. The lowest BCUT2D eigenvalue weighted by Gasteiger charge is -2.17. The van der Waals surface area contributed by atoms with E-state index in [1.54, 1.807) is 18.4 Å². The van der Waals surface area contributed by atoms with E-state index in [4.69, 9.17) is 15.5 Å². The molecule has 1 aromatic heterocycles. The lowest BCUT2D eigenvalue weighted by Crippen LogP contribution is -2.30. The average molecular weight is 410 g/mol. The van der Waals surface area contributed by atoms with Crippen LogP contribution in [0.5, 0.6) is 5.75 Å². The number of nitrogens with two attached hydrogens (primary N) is 1. The number of benzene rings is 2. The molecular weight excluding hydrogens is 382 g/mol. The van der Waals surface area contributed by atoms with Gasteiger partial charge in [-0.3, -0.25) is 4.79 Å². The third kappa shape index (κ3) is 6.06. The summed E-state index contributed by atoms with van der Waals surface area (Å²) in [5.74, 6) is 0.820. The maximum absolute atomic E-state index is 12.7. The fourth-order valence-electron chi connectivity index (χ4n) is 3.09. The first kappa shape index (κ1) is 20.9. The van der Waals surface area contributed by atoms with Crippen LogP contribution in [0.2, 0.25) is 0 Å². The number of nitrogens with one attached hydrogen (secondary N) is 1. The van der Waals surface area contributed by atoms with E-state index in [9.17, 15) is 4.79 Å². The summed E-state index contributed by atoms with van der Waals surface area (Å²) in [4.78, 5) is 17.4. The minimum Gasteiger partial charge on any atom is -0.497 e. The van der Waals surface area contributed by atoms with E-state index in [-0.39, 0.29) is 11.9 Å². The highest BCUT2D eigenvalue weighted by Crippen LogP contribution is 2.24. The number of carbonyl (C=O) groups excluding carboxylic acids is 1. The molecule has 6 heteroatoms. The standard InChI is InChI=1S/C23H27N3O2S/c1-3-19-15-29-23(25-19)21(14-17-7-10-18(24)11-8-17)26-22(27)12-9-16-5-4-6-20(13-16)28-2/h4-8,10-11,13,15,21H,3,9,12,14,24H2,1-2H3,(H,26,27). The van der Waals surface area contributed by atoms with Crippen LogP contribution in [0.25, 0.3) is 0 Å². The Morgan fingerprint density at radius 1 is 1.21 bits per heavy atom. The second kappa shape index (κ2) is 10.1. The van der Waals surface area contributed by atoms with Crippen molar-refractivity contribution in [2.45, 2.75) is 38.6 Å². The Balaban J connectivity index is 1.67. The Morgan fingerprint density at radius 3 is 2.69 bits per heavy atom. The van der Waals surface area contributed by atoms with E-state index < -0.39 is 0 Å². The van der Waals surface area contributed by atoms with Gasteiger partial charge in [-0.05, 0) is 54.7 Å². The lowest BCUT2D eigenvalue weighted by molar-refractivity contribution is -0.121. The van der Waals surface area contributed by atoms with E-state index in [0.717, 1.165) is 39.7 Å². The molecule has 5 nitrogen and oxygen atoms in total. The van der Waals surface area contributed by atoms with Crippen molar-refractivity contribution in [2.75, 3.05) is 12.8 Å². The summed E-state index contributed by atoms with van der Waals surface area (Å²) in [6.07, 6.45) is 2.64. The Bertz CT molecular complexity index is 937. The predicted molar refractivity (Wildman–Crippen MR) is 118 cm³/mol. The molecule has 3 N–H and O–H groups in total. The number of hydrogen-bond donors (Lipinski definition) is 2. The van der Waals surface area contributed by atoms with Crippen molar-refractivity contribution in [2.24, 2.45) is 0 Å². The molecule has 1 atom stereocenters. The van der Waals surface area contributed by atoms with Gasteiger partial charge in [0.2, 0.25) is 5.91 Å². The number of aromatic nitrogens is 1. The number of ether oxygens (including phenoxy) is 1. The molecule has 1 heterocycles. The summed E-state index contributed by atoms with van der Waals surface area (Å²) in [6, 6.07) is 15.4. The first-order valence-electron chi connectivity index (χ1n) is 9.78. The van der Waals surface area contributed by atoms with Gasteiger partial charge in [-0.1, -0.05) is 31.2 Å². The molecule has 152 valence electrons. The van der Waals surface area contributed by atoms with Crippen LogP contribution in [0.15, 0.2) is 53.9 Å². The third-order valence-corrected chi connectivity index (χ3v) is 5.77. The molecule has 0 aliphatic rings. The normalized spacial score (nSPS) is 11.8. The second-order valence-electron chi connectivity index (χ2n) is 6.95. The molecule has 0 spiro atoms. The van der Waals surface area contributed by atoms with E-state index >= 15 is 0 Å². The zero-order chi connectivity index (χ0) is 20.6. The zero-order valence-electron chi connectivity index (χ0n) is 16.9. The van der Waals surface area contributed by atoms with Crippen LogP contribution in [0.3, 0.4) is 0 Å². The van der Waals surface area contributed by atoms with Crippen LogP contribution in [0.1, 0.15) is 41.2 Å². The van der Waals surface area contributed by atoms with Crippen LogP contribution >= 0.6 is 11.3 Å². The van der Waals surface area contributed by atoms with Gasteiger partial charge in [-0.15, -0.1) is 11.3 Å². The average Bonchev–Trinajstić information content (AvgIpc) is 3.23. The number of anilines is 1. The molecule has 1 unspecified atom stereocenters. The van der Waals surface area contributed by atoms with E-state index in [0.29, 0.717) is 19.3 Å². The topological polar surface area (TPSA) is 77.2 Å². The molecular formula is C23H27N3O2S. The maximum Gasteiger partial charge on any atom is 0.220 e. The van der Waals surface area contributed by atoms with Crippen molar-refractivity contribution in [3.8, 4) is 5.75 Å². The van der Waals surface area contributed by atoms with Crippen LogP contribution in [-0.4, -0.2) is 18.0 Å². The van der Waals surface area contributed by atoms with Crippen LogP contribution in [0.4, 0.5) is 5.69 Å². The Kier molecular flexibility index (Phi) is 7.25. The van der Waals surface area contributed by atoms with Crippen molar-refractivity contribution in [3.05, 3.63) is 75.7 Å². The molecule has 29 heavy (non-hydrogen) atoms. The molecule has 2 aromatic carbocycles. The first-order chi connectivity index (χ1) is 14.1. The minimum atomic E-state index is -0.151. The van der Waals surface area contributed by atoms with Crippen molar-refractivity contribution >= 4 is 22.9 Å². The fourth-order valence-corrected chi connectivity index (χ4v) is 4.04. The molecule has 3 aromatic rings. The highest BCUT2D eigenvalue weighted by atomic mass is 32.1. The predicted octanol–water partition coefficient (Wildman–Crippen LogP) is 4.33. The molecule has 1 amide bonds. The quantitative estimate of drug-likeness (QED) is 0.516. The number of thiazole rings is 1. The van der Waals surface area contributed by atoms with Gasteiger partial charge >= 0.3 is 0 Å². The summed E-state index contributed by atoms with van der Waals surface area (Å²) in [7, 11) is 1.65. The highest BCUT2D eigenvalue weighted by Gasteiger charge is 2.19. The molecule has 0 bridgehead atoms. The van der Waals surface area contributed by atoms with Crippen molar-refractivity contribution in [1.82, 2.24) is 10.3 Å². The van der Waals surface area contributed by atoms with Gasteiger partial charge in [0.05, 0.1) is 18.8 Å². The summed E-state index contributed by atoms with van der Waals surface area (Å²) < 4.78 is 5.26. The van der Waals surface area contributed by atoms with Crippen LogP contribution in [0, 0.1) is 0 Å². The molecule has 3 rings (SSSR count). The minimum absolute atomic E-state index is 0.0153. The second-order valence-corrected chi connectivity index (χ2v) is 7.84. The molecule has 0 aliphatic carbocycles. The van der Waals surface area contributed by atoms with Gasteiger partial charge in [-0.25, -0.2) is 4.98 Å². The number of hydrogen-bond acceptors (Lipinski definition) is 5. The van der Waals surface area contributed by atoms with Gasteiger partial charge in [-0.2, -0.15) is 0 Å². The third-order valence-electron chi connectivity index (χ3n) is 4.76. The van der Waals surface area contributed by atoms with Crippen molar-refractivity contribution < 1.29 is 9.53 Å². The first-order valence-corrected chi connectivity index (χ1v) is 10.7. The maximum atomic E-state index is 12.7. The lowest BCUT2D eigenvalue weighted by atomic mass is 10.0. The van der Waals surface area contributed by atoms with Crippen molar-refractivity contribution in [3.63, 3.8) is 0 Å². The molecule has 0 radical (unpaired) electrons. The fraction of sp³-hybridized carbons (Fsp3) is 0.304. The van der Waals surface area contributed by atoms with Crippen molar-refractivity contribution in [1.29, 1.82) is 0 Å². The zero-order valence-corrected chi connectivity index (χ0v) is 17.7. The summed E-state index contributed by atoms with van der Waals surface area (Å²) in [5, 5.41) is 6.18. The Labute approximate surface area is 175 Å². The van der Waals surface area contributed by atoms with Gasteiger partial charge in [0.25, 0.3) is 0 Å².